The van der Waals surface area contributed by atoms with Gasteiger partial charge in [-0.3, -0.25) is 9.36 Å². The quantitative estimate of drug-likeness (QED) is 0.693. The Labute approximate surface area is 165 Å². The first-order valence-electron chi connectivity index (χ1n) is 7.98. The summed E-state index contributed by atoms with van der Waals surface area (Å²) in [6.45, 7) is -0.346. The Hall–Kier alpha value is -3.40. The average Bonchev–Trinajstić information content (AvgIpc) is 2.66. The summed E-state index contributed by atoms with van der Waals surface area (Å²) in [5.41, 5.74) is -3.88. The van der Waals surface area contributed by atoms with Crippen LogP contribution in [0.2, 0.25) is 5.02 Å². The van der Waals surface area contributed by atoms with Gasteiger partial charge in [0, 0.05) is 5.02 Å². The Bertz CT molecular complexity index is 1200. The third kappa shape index (κ3) is 4.06. The second kappa shape index (κ2) is 7.55. The van der Waals surface area contributed by atoms with Crippen LogP contribution in [0.1, 0.15) is 21.6 Å². The van der Waals surface area contributed by atoms with Crippen molar-refractivity contribution >= 4 is 17.6 Å². The Morgan fingerprint density at radius 3 is 2.24 bits per heavy atom. The third-order valence-electron chi connectivity index (χ3n) is 3.99. The number of halogens is 4. The molecule has 1 heterocycles. The molecule has 1 aromatic heterocycles. The van der Waals surface area contributed by atoms with Gasteiger partial charge in [-0.1, -0.05) is 29.8 Å². The van der Waals surface area contributed by atoms with E-state index in [-0.39, 0.29) is 17.3 Å². The predicted octanol–water partition coefficient (Wildman–Crippen LogP) is 2.81. The molecule has 0 bridgehead atoms. The minimum atomic E-state index is -4.59. The molecule has 0 unspecified atom stereocenters. The molecule has 0 spiro atoms. The molecule has 0 saturated carbocycles. The zero-order chi connectivity index (χ0) is 21.3. The van der Waals surface area contributed by atoms with E-state index >= 15 is 0 Å². The molecule has 0 fully saturated rings. The van der Waals surface area contributed by atoms with Gasteiger partial charge in [0.05, 0.1) is 17.8 Å². The Morgan fingerprint density at radius 1 is 1.07 bits per heavy atom. The molecule has 0 saturated heterocycles. The lowest BCUT2D eigenvalue weighted by molar-refractivity contribution is -0.137. The van der Waals surface area contributed by atoms with E-state index in [9.17, 15) is 32.7 Å². The van der Waals surface area contributed by atoms with Gasteiger partial charge in [0.25, 0.3) is 5.56 Å². The molecule has 0 atom stereocenters. The van der Waals surface area contributed by atoms with E-state index in [0.29, 0.717) is 26.9 Å². The van der Waals surface area contributed by atoms with E-state index in [2.05, 4.69) is 5.10 Å². The lowest BCUT2D eigenvalue weighted by Crippen LogP contribution is -2.44. The molecule has 0 aliphatic heterocycles. The normalized spacial score (nSPS) is 11.4. The summed E-state index contributed by atoms with van der Waals surface area (Å²) < 4.78 is 39.4. The second-order valence-electron chi connectivity index (χ2n) is 5.88. The van der Waals surface area contributed by atoms with Gasteiger partial charge in [-0.15, -0.1) is 0 Å². The highest BCUT2D eigenvalue weighted by Gasteiger charge is 2.30. The van der Waals surface area contributed by atoms with Crippen molar-refractivity contribution in [2.24, 2.45) is 0 Å². The molecule has 3 rings (SSSR count). The summed E-state index contributed by atoms with van der Waals surface area (Å²) in [5, 5.41) is 13.0. The predicted molar refractivity (Wildman–Crippen MR) is 96.6 cm³/mol. The lowest BCUT2D eigenvalue weighted by atomic mass is 10.2. The smallest absolute Gasteiger partial charge is 0.416 e. The van der Waals surface area contributed by atoms with Gasteiger partial charge in [-0.2, -0.15) is 23.0 Å². The summed E-state index contributed by atoms with van der Waals surface area (Å²) in [4.78, 5) is 36.6. The van der Waals surface area contributed by atoms with Crippen molar-refractivity contribution < 1.29 is 23.1 Å². The van der Waals surface area contributed by atoms with Crippen LogP contribution in [0.5, 0.6) is 0 Å². The van der Waals surface area contributed by atoms with Crippen LogP contribution in [0.25, 0.3) is 5.69 Å². The highest BCUT2D eigenvalue weighted by atomic mass is 35.5. The van der Waals surface area contributed by atoms with Crippen molar-refractivity contribution in [2.45, 2.75) is 12.7 Å². The SMILES string of the molecule is O=C(O)c1nn(-c2ccc(C(F)(F)F)cc2)c(=O)n(Cc2ccccc2Cl)c1=O. The summed E-state index contributed by atoms with van der Waals surface area (Å²) in [5.74, 6) is -1.69. The number of hydrogen-bond donors (Lipinski definition) is 1. The van der Waals surface area contributed by atoms with Crippen molar-refractivity contribution in [2.75, 3.05) is 0 Å². The van der Waals surface area contributed by atoms with Crippen LogP contribution in [-0.2, 0) is 12.7 Å². The van der Waals surface area contributed by atoms with E-state index < -0.39 is 34.7 Å². The monoisotopic (exact) mass is 425 g/mol. The molecule has 0 radical (unpaired) electrons. The maximum atomic E-state index is 12.8. The van der Waals surface area contributed by atoms with Crippen LogP contribution in [0, 0.1) is 0 Å². The number of aromatic carboxylic acids is 1. The number of alkyl halides is 3. The molecule has 0 aliphatic rings. The van der Waals surface area contributed by atoms with E-state index in [0.717, 1.165) is 12.1 Å². The highest BCUT2D eigenvalue weighted by molar-refractivity contribution is 6.31. The molecule has 150 valence electrons. The van der Waals surface area contributed by atoms with Crippen molar-refractivity contribution in [1.82, 2.24) is 14.3 Å². The molecule has 3 aromatic rings. The van der Waals surface area contributed by atoms with E-state index in [1.54, 1.807) is 12.1 Å². The van der Waals surface area contributed by atoms with E-state index in [1.165, 1.54) is 12.1 Å². The average molecular weight is 426 g/mol. The number of benzene rings is 2. The van der Waals surface area contributed by atoms with Gasteiger partial charge in [0.15, 0.2) is 0 Å². The van der Waals surface area contributed by atoms with Crippen molar-refractivity contribution in [3.63, 3.8) is 0 Å². The van der Waals surface area contributed by atoms with Gasteiger partial charge in [-0.25, -0.2) is 9.59 Å². The van der Waals surface area contributed by atoms with Crippen LogP contribution >= 0.6 is 11.6 Å². The molecule has 2 aromatic carbocycles. The second-order valence-corrected chi connectivity index (χ2v) is 6.28. The first kappa shape index (κ1) is 20.3. The molecule has 29 heavy (non-hydrogen) atoms. The van der Waals surface area contributed by atoms with Gasteiger partial charge >= 0.3 is 17.8 Å². The number of carboxylic acids is 1. The Balaban J connectivity index is 2.19. The third-order valence-corrected chi connectivity index (χ3v) is 4.36. The van der Waals surface area contributed by atoms with Gasteiger partial charge in [0.2, 0.25) is 5.69 Å². The van der Waals surface area contributed by atoms with Crippen molar-refractivity contribution in [3.8, 4) is 5.69 Å². The Morgan fingerprint density at radius 2 is 1.69 bits per heavy atom. The Kier molecular flexibility index (Phi) is 5.29. The van der Waals surface area contributed by atoms with Crippen molar-refractivity contribution in [3.05, 3.63) is 91.2 Å². The van der Waals surface area contributed by atoms with Crippen LogP contribution in [0.3, 0.4) is 0 Å². The van der Waals surface area contributed by atoms with E-state index in [1.807, 2.05) is 0 Å². The summed E-state index contributed by atoms with van der Waals surface area (Å²) in [6, 6.07) is 9.64. The van der Waals surface area contributed by atoms with Gasteiger partial charge in [-0.05, 0) is 35.9 Å². The minimum absolute atomic E-state index is 0.140. The number of aromatic nitrogens is 3. The van der Waals surface area contributed by atoms with Crippen LogP contribution in [0.4, 0.5) is 13.2 Å². The summed E-state index contributed by atoms with van der Waals surface area (Å²) in [6.07, 6.45) is -4.59. The maximum Gasteiger partial charge on any atom is 0.416 e. The standard InChI is InChI=1S/C18H11ClF3N3O4/c19-13-4-2-1-3-10(13)9-24-15(26)14(16(27)28)23-25(17(24)29)12-7-5-11(6-8-12)18(20,21)22/h1-8H,9H2,(H,27,28). The lowest BCUT2D eigenvalue weighted by Gasteiger charge is -2.12. The number of carboxylic acid groups (broad SMARTS) is 1. The van der Waals surface area contributed by atoms with Gasteiger partial charge in [0.1, 0.15) is 0 Å². The minimum Gasteiger partial charge on any atom is -0.476 e. The summed E-state index contributed by atoms with van der Waals surface area (Å²) >= 11 is 6.04. The first-order valence-corrected chi connectivity index (χ1v) is 8.36. The molecule has 0 amide bonds. The fourth-order valence-corrected chi connectivity index (χ4v) is 2.74. The maximum absolute atomic E-state index is 12.8. The number of hydrogen-bond acceptors (Lipinski definition) is 4. The van der Waals surface area contributed by atoms with Gasteiger partial charge < -0.3 is 5.11 Å². The van der Waals surface area contributed by atoms with Crippen LogP contribution < -0.4 is 11.2 Å². The molecule has 1 N–H and O–H groups in total. The molecular weight excluding hydrogens is 415 g/mol. The number of rotatable bonds is 4. The zero-order valence-corrected chi connectivity index (χ0v) is 15.1. The molecular formula is C18H11ClF3N3O4. The largest absolute Gasteiger partial charge is 0.476 e. The summed E-state index contributed by atoms with van der Waals surface area (Å²) in [7, 11) is 0. The van der Waals surface area contributed by atoms with E-state index in [4.69, 9.17) is 11.6 Å². The highest BCUT2D eigenvalue weighted by Crippen LogP contribution is 2.29. The molecule has 0 aliphatic carbocycles. The van der Waals surface area contributed by atoms with Crippen LogP contribution in [-0.4, -0.2) is 25.4 Å². The fraction of sp³-hybridized carbons (Fsp3) is 0.111. The molecule has 11 heteroatoms. The zero-order valence-electron chi connectivity index (χ0n) is 14.4. The topological polar surface area (TPSA) is 94.2 Å². The fourth-order valence-electron chi connectivity index (χ4n) is 2.55. The van der Waals surface area contributed by atoms with Crippen molar-refractivity contribution in [1.29, 1.82) is 0 Å². The number of carbonyl (C=O) groups is 1. The van der Waals surface area contributed by atoms with Crippen LogP contribution in [0.15, 0.2) is 58.1 Å². The molecule has 7 nitrogen and oxygen atoms in total. The number of nitrogens with zero attached hydrogens (tertiary/aromatic N) is 3. The first-order chi connectivity index (χ1) is 13.6.